The highest BCUT2D eigenvalue weighted by Crippen LogP contribution is 2.30. The summed E-state index contributed by atoms with van der Waals surface area (Å²) in [4.78, 5) is 25.4. The zero-order chi connectivity index (χ0) is 26.5. The number of carbonyl (C=O) groups is 2. The number of aliphatic carboxylic acids is 1. The van der Waals surface area contributed by atoms with Crippen LogP contribution in [0.1, 0.15) is 62.1 Å². The van der Waals surface area contributed by atoms with Crippen LogP contribution in [0, 0.1) is 0 Å². The molecule has 194 valence electrons. The SMILES string of the molecule is CCCCCCCC(=O)N(C)Cc1cccc(-c2ccc(C=CC(=O)O)c(OCc3ccccc3)c2)c1. The molecule has 3 aromatic rings. The average molecular weight is 500 g/mol. The summed E-state index contributed by atoms with van der Waals surface area (Å²) in [5.41, 5.74) is 4.75. The maximum Gasteiger partial charge on any atom is 0.328 e. The quantitative estimate of drug-likeness (QED) is 0.186. The van der Waals surface area contributed by atoms with Crippen molar-refractivity contribution in [2.24, 2.45) is 0 Å². The van der Waals surface area contributed by atoms with E-state index in [0.29, 0.717) is 30.9 Å². The van der Waals surface area contributed by atoms with Gasteiger partial charge in [-0.3, -0.25) is 4.79 Å². The van der Waals surface area contributed by atoms with Crippen molar-refractivity contribution in [3.05, 3.63) is 95.6 Å². The largest absolute Gasteiger partial charge is 0.488 e. The molecule has 5 heteroatoms. The molecule has 3 aromatic carbocycles. The monoisotopic (exact) mass is 499 g/mol. The van der Waals surface area contributed by atoms with Crippen molar-refractivity contribution in [3.63, 3.8) is 0 Å². The summed E-state index contributed by atoms with van der Waals surface area (Å²) in [6.07, 6.45) is 8.92. The Labute approximate surface area is 220 Å². The van der Waals surface area contributed by atoms with Gasteiger partial charge < -0.3 is 14.7 Å². The van der Waals surface area contributed by atoms with E-state index in [1.165, 1.54) is 19.3 Å². The number of unbranched alkanes of at least 4 members (excludes halogenated alkanes) is 4. The third kappa shape index (κ3) is 9.26. The highest BCUT2D eigenvalue weighted by atomic mass is 16.5. The van der Waals surface area contributed by atoms with Gasteiger partial charge in [-0.25, -0.2) is 4.79 Å². The lowest BCUT2D eigenvalue weighted by Crippen LogP contribution is -2.25. The third-order valence-corrected chi connectivity index (χ3v) is 6.26. The lowest BCUT2D eigenvalue weighted by atomic mass is 10.0. The van der Waals surface area contributed by atoms with Gasteiger partial charge in [-0.2, -0.15) is 0 Å². The summed E-state index contributed by atoms with van der Waals surface area (Å²) >= 11 is 0. The maximum atomic E-state index is 12.6. The number of carboxylic acid groups (broad SMARTS) is 1. The van der Waals surface area contributed by atoms with Crippen molar-refractivity contribution < 1.29 is 19.4 Å². The topological polar surface area (TPSA) is 66.8 Å². The normalized spacial score (nSPS) is 11.0. The van der Waals surface area contributed by atoms with Gasteiger partial charge in [-0.05, 0) is 46.9 Å². The maximum absolute atomic E-state index is 12.6. The minimum absolute atomic E-state index is 0.174. The summed E-state index contributed by atoms with van der Waals surface area (Å²) in [7, 11) is 1.86. The fraction of sp³-hybridized carbons (Fsp3) is 0.312. The van der Waals surface area contributed by atoms with Crippen molar-refractivity contribution in [1.29, 1.82) is 0 Å². The lowest BCUT2D eigenvalue weighted by Gasteiger charge is -2.18. The molecule has 0 radical (unpaired) electrons. The molecule has 37 heavy (non-hydrogen) atoms. The van der Waals surface area contributed by atoms with E-state index in [1.54, 1.807) is 11.0 Å². The second-order valence-corrected chi connectivity index (χ2v) is 9.31. The Hall–Kier alpha value is -3.86. The molecule has 0 aliphatic carbocycles. The first-order valence-electron chi connectivity index (χ1n) is 13.0. The van der Waals surface area contributed by atoms with Crippen LogP contribution in [0.2, 0.25) is 0 Å². The Morgan fingerprint density at radius 1 is 0.865 bits per heavy atom. The van der Waals surface area contributed by atoms with Crippen LogP contribution in [-0.2, 0) is 22.7 Å². The van der Waals surface area contributed by atoms with Crippen LogP contribution >= 0.6 is 0 Å². The molecule has 5 nitrogen and oxygen atoms in total. The Balaban J connectivity index is 1.73. The van der Waals surface area contributed by atoms with Gasteiger partial charge in [-0.15, -0.1) is 0 Å². The Kier molecular flexibility index (Phi) is 11.0. The van der Waals surface area contributed by atoms with E-state index in [0.717, 1.165) is 41.2 Å². The number of rotatable bonds is 14. The minimum atomic E-state index is -1.01. The van der Waals surface area contributed by atoms with Crippen molar-refractivity contribution in [1.82, 2.24) is 4.90 Å². The van der Waals surface area contributed by atoms with Crippen LogP contribution in [0.25, 0.3) is 17.2 Å². The van der Waals surface area contributed by atoms with Gasteiger partial charge in [0.05, 0.1) is 0 Å². The molecular formula is C32H37NO4. The number of carboxylic acids is 1. The summed E-state index contributed by atoms with van der Waals surface area (Å²) < 4.78 is 6.11. The second kappa shape index (κ2) is 14.6. The van der Waals surface area contributed by atoms with E-state index in [1.807, 2.05) is 73.8 Å². The van der Waals surface area contributed by atoms with E-state index < -0.39 is 5.97 Å². The molecule has 0 fully saturated rings. The van der Waals surface area contributed by atoms with E-state index in [4.69, 9.17) is 9.84 Å². The summed E-state index contributed by atoms with van der Waals surface area (Å²) in [5, 5.41) is 9.07. The Bertz CT molecular complexity index is 1190. The smallest absolute Gasteiger partial charge is 0.328 e. The number of amides is 1. The van der Waals surface area contributed by atoms with Gasteiger partial charge in [0.15, 0.2) is 0 Å². The standard InChI is InChI=1S/C32H37NO4/c1-3-4-5-6-10-16-31(34)33(2)23-26-14-11-15-28(21-26)29-18-17-27(19-20-32(35)36)30(22-29)37-24-25-12-8-7-9-13-25/h7-9,11-15,17-22H,3-6,10,16,23-24H2,1-2H3,(H,35,36). The summed E-state index contributed by atoms with van der Waals surface area (Å²) in [6.45, 7) is 3.12. The van der Waals surface area contributed by atoms with E-state index >= 15 is 0 Å². The summed E-state index contributed by atoms with van der Waals surface area (Å²) in [5.74, 6) is -0.224. The van der Waals surface area contributed by atoms with Crippen LogP contribution in [0.3, 0.4) is 0 Å². The second-order valence-electron chi connectivity index (χ2n) is 9.31. The predicted molar refractivity (Wildman–Crippen MR) is 149 cm³/mol. The molecule has 0 bridgehead atoms. The van der Waals surface area contributed by atoms with Gasteiger partial charge in [0.2, 0.25) is 5.91 Å². The van der Waals surface area contributed by atoms with Crippen LogP contribution in [-0.4, -0.2) is 28.9 Å². The molecule has 1 N–H and O–H groups in total. The number of ether oxygens (including phenoxy) is 1. The number of nitrogens with zero attached hydrogens (tertiary/aromatic N) is 1. The Morgan fingerprint density at radius 2 is 1.59 bits per heavy atom. The van der Waals surface area contributed by atoms with Crippen LogP contribution < -0.4 is 4.74 Å². The highest BCUT2D eigenvalue weighted by molar-refractivity contribution is 5.86. The van der Waals surface area contributed by atoms with Gasteiger partial charge in [-0.1, -0.05) is 93.3 Å². The van der Waals surface area contributed by atoms with Crippen LogP contribution in [0.15, 0.2) is 78.9 Å². The number of benzene rings is 3. The fourth-order valence-corrected chi connectivity index (χ4v) is 4.15. The third-order valence-electron chi connectivity index (χ3n) is 6.26. The molecule has 0 unspecified atom stereocenters. The Morgan fingerprint density at radius 3 is 2.35 bits per heavy atom. The van der Waals surface area contributed by atoms with Gasteiger partial charge in [0, 0.05) is 31.7 Å². The summed E-state index contributed by atoms with van der Waals surface area (Å²) in [6, 6.07) is 23.8. The van der Waals surface area contributed by atoms with Crippen LogP contribution in [0.4, 0.5) is 0 Å². The molecule has 0 saturated heterocycles. The van der Waals surface area contributed by atoms with E-state index in [9.17, 15) is 9.59 Å². The molecule has 0 heterocycles. The molecule has 0 aliphatic heterocycles. The van der Waals surface area contributed by atoms with E-state index in [2.05, 4.69) is 13.0 Å². The van der Waals surface area contributed by atoms with Crippen molar-refractivity contribution in [2.45, 2.75) is 58.6 Å². The van der Waals surface area contributed by atoms with Crippen molar-refractivity contribution in [2.75, 3.05) is 7.05 Å². The molecular weight excluding hydrogens is 462 g/mol. The zero-order valence-corrected chi connectivity index (χ0v) is 21.9. The lowest BCUT2D eigenvalue weighted by molar-refractivity contribution is -0.131. The first kappa shape index (κ1) is 27.7. The number of hydrogen-bond donors (Lipinski definition) is 1. The number of carbonyl (C=O) groups excluding carboxylic acids is 1. The highest BCUT2D eigenvalue weighted by Gasteiger charge is 2.11. The first-order chi connectivity index (χ1) is 18.0. The minimum Gasteiger partial charge on any atom is -0.488 e. The van der Waals surface area contributed by atoms with E-state index in [-0.39, 0.29) is 5.91 Å². The predicted octanol–water partition coefficient (Wildman–Crippen LogP) is 7.35. The molecule has 0 aliphatic rings. The van der Waals surface area contributed by atoms with Gasteiger partial charge in [0.1, 0.15) is 12.4 Å². The molecule has 0 aromatic heterocycles. The molecule has 3 rings (SSSR count). The molecule has 1 amide bonds. The van der Waals surface area contributed by atoms with Crippen molar-refractivity contribution in [3.8, 4) is 16.9 Å². The fourth-order valence-electron chi connectivity index (χ4n) is 4.15. The van der Waals surface area contributed by atoms with Crippen LogP contribution in [0.5, 0.6) is 5.75 Å². The molecule has 0 atom stereocenters. The molecule has 0 saturated carbocycles. The first-order valence-corrected chi connectivity index (χ1v) is 13.0. The van der Waals surface area contributed by atoms with Gasteiger partial charge >= 0.3 is 5.97 Å². The average Bonchev–Trinajstić information content (AvgIpc) is 2.91. The van der Waals surface area contributed by atoms with Crippen molar-refractivity contribution >= 4 is 18.0 Å². The zero-order valence-electron chi connectivity index (χ0n) is 21.9. The molecule has 0 spiro atoms. The number of hydrogen-bond acceptors (Lipinski definition) is 3. The van der Waals surface area contributed by atoms with Gasteiger partial charge in [0.25, 0.3) is 0 Å².